The van der Waals surface area contributed by atoms with Gasteiger partial charge in [-0.05, 0) is 30.5 Å². The molecule has 0 heterocycles. The molecule has 1 aliphatic carbocycles. The average Bonchev–Trinajstić information content (AvgIpc) is 3.10. The number of urea groups is 1. The molecule has 5 N–H and O–H groups in total. The molecule has 1 saturated carbocycles. The molecule has 0 atom stereocenters. The first kappa shape index (κ1) is 13.2. The third kappa shape index (κ3) is 3.37. The monoisotopic (exact) mass is 263 g/mol. The van der Waals surface area contributed by atoms with Crippen molar-refractivity contribution >= 4 is 17.7 Å². The molecule has 2 rings (SSSR count). The summed E-state index contributed by atoms with van der Waals surface area (Å²) in [5.41, 5.74) is 7.02. The van der Waals surface area contributed by atoms with Crippen LogP contribution in [0, 0.1) is 0 Å². The van der Waals surface area contributed by atoms with Crippen molar-refractivity contribution in [2.75, 3.05) is 12.3 Å². The predicted molar refractivity (Wildman–Crippen MR) is 70.6 cm³/mol. The number of aliphatic carboxylic acids is 1. The lowest BCUT2D eigenvalue weighted by Gasteiger charge is -2.18. The van der Waals surface area contributed by atoms with Crippen LogP contribution in [-0.4, -0.2) is 23.7 Å². The second kappa shape index (κ2) is 5.17. The van der Waals surface area contributed by atoms with E-state index in [4.69, 9.17) is 10.8 Å². The van der Waals surface area contributed by atoms with Crippen LogP contribution < -0.4 is 16.4 Å². The van der Waals surface area contributed by atoms with Crippen LogP contribution in [0.2, 0.25) is 0 Å². The number of carboxylic acid groups (broad SMARTS) is 1. The number of hydrogen-bond acceptors (Lipinski definition) is 3. The summed E-state index contributed by atoms with van der Waals surface area (Å²) in [6, 6.07) is 7.08. The maximum absolute atomic E-state index is 11.7. The van der Waals surface area contributed by atoms with E-state index in [-0.39, 0.29) is 24.5 Å². The summed E-state index contributed by atoms with van der Waals surface area (Å²) in [4.78, 5) is 22.0. The molecule has 19 heavy (non-hydrogen) atoms. The maximum Gasteiger partial charge on any atom is 0.315 e. The van der Waals surface area contributed by atoms with Crippen molar-refractivity contribution in [1.29, 1.82) is 0 Å². The number of nitrogens with one attached hydrogen (secondary N) is 2. The van der Waals surface area contributed by atoms with E-state index >= 15 is 0 Å². The number of carbonyl (C=O) groups is 2. The van der Waals surface area contributed by atoms with Crippen LogP contribution in [0.3, 0.4) is 0 Å². The van der Waals surface area contributed by atoms with E-state index in [1.54, 1.807) is 12.1 Å². The number of carbonyl (C=O) groups excluding carboxylic acids is 1. The standard InChI is InChI=1S/C13H17N3O3/c14-10-3-1-9(2-4-10)13(6-7-13)16-12(19)15-8-5-11(17)18/h1-4H,5-8,14H2,(H,17,18)(H2,15,16,19). The molecule has 1 aromatic rings. The summed E-state index contributed by atoms with van der Waals surface area (Å²) in [5, 5.41) is 13.9. The quantitative estimate of drug-likeness (QED) is 0.595. The third-order valence-electron chi connectivity index (χ3n) is 3.19. The number of nitrogen functional groups attached to an aromatic ring is 1. The van der Waals surface area contributed by atoms with Gasteiger partial charge in [-0.1, -0.05) is 12.1 Å². The molecule has 0 bridgehead atoms. The molecule has 0 aliphatic heterocycles. The van der Waals surface area contributed by atoms with Gasteiger partial charge in [0.15, 0.2) is 0 Å². The first-order valence-electron chi connectivity index (χ1n) is 6.16. The third-order valence-corrected chi connectivity index (χ3v) is 3.19. The summed E-state index contributed by atoms with van der Waals surface area (Å²) >= 11 is 0. The number of carboxylic acids is 1. The topological polar surface area (TPSA) is 104 Å². The minimum absolute atomic E-state index is 0.0811. The fourth-order valence-corrected chi connectivity index (χ4v) is 1.96. The van der Waals surface area contributed by atoms with Crippen LogP contribution >= 0.6 is 0 Å². The van der Waals surface area contributed by atoms with E-state index in [0.717, 1.165) is 18.4 Å². The van der Waals surface area contributed by atoms with Gasteiger partial charge in [0.1, 0.15) is 0 Å². The van der Waals surface area contributed by atoms with Gasteiger partial charge in [-0.3, -0.25) is 4.79 Å². The first-order chi connectivity index (χ1) is 9.02. The van der Waals surface area contributed by atoms with Crippen LogP contribution in [0.15, 0.2) is 24.3 Å². The lowest BCUT2D eigenvalue weighted by molar-refractivity contribution is -0.136. The molecular weight excluding hydrogens is 246 g/mol. The summed E-state index contributed by atoms with van der Waals surface area (Å²) in [7, 11) is 0. The van der Waals surface area contributed by atoms with E-state index in [1.807, 2.05) is 12.1 Å². The van der Waals surface area contributed by atoms with Crippen molar-refractivity contribution in [2.24, 2.45) is 0 Å². The van der Waals surface area contributed by atoms with Gasteiger partial charge in [0.2, 0.25) is 0 Å². The molecule has 0 unspecified atom stereocenters. The molecule has 1 fully saturated rings. The molecule has 0 saturated heterocycles. The minimum Gasteiger partial charge on any atom is -0.481 e. The Morgan fingerprint density at radius 1 is 1.26 bits per heavy atom. The fraction of sp³-hybridized carbons (Fsp3) is 0.385. The van der Waals surface area contributed by atoms with E-state index in [0.29, 0.717) is 5.69 Å². The van der Waals surface area contributed by atoms with Crippen LogP contribution in [0.25, 0.3) is 0 Å². The number of benzene rings is 1. The van der Waals surface area contributed by atoms with Crippen molar-refractivity contribution in [2.45, 2.75) is 24.8 Å². The number of nitrogens with two attached hydrogens (primary N) is 1. The van der Waals surface area contributed by atoms with Crippen molar-refractivity contribution in [1.82, 2.24) is 10.6 Å². The number of anilines is 1. The van der Waals surface area contributed by atoms with Crippen LogP contribution in [0.4, 0.5) is 10.5 Å². The zero-order valence-electron chi connectivity index (χ0n) is 10.5. The smallest absolute Gasteiger partial charge is 0.315 e. The Balaban J connectivity index is 1.89. The van der Waals surface area contributed by atoms with Crippen molar-refractivity contribution in [3.05, 3.63) is 29.8 Å². The lowest BCUT2D eigenvalue weighted by Crippen LogP contribution is -2.42. The van der Waals surface area contributed by atoms with Gasteiger partial charge in [-0.25, -0.2) is 4.79 Å². The SMILES string of the molecule is Nc1ccc(C2(NC(=O)NCCC(=O)O)CC2)cc1. The number of rotatable bonds is 5. The highest BCUT2D eigenvalue weighted by atomic mass is 16.4. The molecule has 6 heteroatoms. The molecule has 0 spiro atoms. The molecule has 1 aromatic carbocycles. The van der Waals surface area contributed by atoms with Crippen LogP contribution in [0.5, 0.6) is 0 Å². The maximum atomic E-state index is 11.7. The van der Waals surface area contributed by atoms with Gasteiger partial charge >= 0.3 is 12.0 Å². The number of hydrogen-bond donors (Lipinski definition) is 4. The summed E-state index contributed by atoms with van der Waals surface area (Å²) in [5.74, 6) is -0.931. The molecule has 0 radical (unpaired) electrons. The fourth-order valence-electron chi connectivity index (χ4n) is 1.96. The summed E-state index contributed by atoms with van der Waals surface area (Å²) < 4.78 is 0. The van der Waals surface area contributed by atoms with Gasteiger partial charge in [-0.2, -0.15) is 0 Å². The molecule has 2 amide bonds. The van der Waals surface area contributed by atoms with Crippen molar-refractivity contribution in [3.63, 3.8) is 0 Å². The van der Waals surface area contributed by atoms with Gasteiger partial charge in [0.25, 0.3) is 0 Å². The van der Waals surface area contributed by atoms with E-state index < -0.39 is 5.97 Å². The highest BCUT2D eigenvalue weighted by Gasteiger charge is 2.45. The minimum atomic E-state index is -0.931. The average molecular weight is 263 g/mol. The number of amides is 2. The predicted octanol–water partition coefficient (Wildman–Crippen LogP) is 1.03. The van der Waals surface area contributed by atoms with E-state index in [2.05, 4.69) is 10.6 Å². The first-order valence-corrected chi connectivity index (χ1v) is 6.16. The van der Waals surface area contributed by atoms with Crippen LogP contribution in [0.1, 0.15) is 24.8 Å². The molecule has 102 valence electrons. The van der Waals surface area contributed by atoms with Crippen LogP contribution in [-0.2, 0) is 10.3 Å². The zero-order chi connectivity index (χ0) is 13.9. The van der Waals surface area contributed by atoms with Gasteiger partial charge in [0, 0.05) is 12.2 Å². The largest absolute Gasteiger partial charge is 0.481 e. The van der Waals surface area contributed by atoms with E-state index in [9.17, 15) is 9.59 Å². The van der Waals surface area contributed by atoms with Gasteiger partial charge in [-0.15, -0.1) is 0 Å². The molecule has 0 aromatic heterocycles. The molecular formula is C13H17N3O3. The van der Waals surface area contributed by atoms with E-state index in [1.165, 1.54) is 0 Å². The molecule has 1 aliphatic rings. The van der Waals surface area contributed by atoms with Gasteiger partial charge < -0.3 is 21.5 Å². The highest BCUT2D eigenvalue weighted by molar-refractivity contribution is 5.76. The Morgan fingerprint density at radius 2 is 1.89 bits per heavy atom. The summed E-state index contributed by atoms with van der Waals surface area (Å²) in [6.45, 7) is 0.124. The normalized spacial score (nSPS) is 15.6. The second-order valence-electron chi connectivity index (χ2n) is 4.73. The Kier molecular flexibility index (Phi) is 3.59. The zero-order valence-corrected chi connectivity index (χ0v) is 10.5. The Morgan fingerprint density at radius 3 is 2.42 bits per heavy atom. The lowest BCUT2D eigenvalue weighted by atomic mass is 10.0. The Bertz CT molecular complexity index is 480. The van der Waals surface area contributed by atoms with Crippen molar-refractivity contribution in [3.8, 4) is 0 Å². The van der Waals surface area contributed by atoms with Gasteiger partial charge in [0.05, 0.1) is 12.0 Å². The second-order valence-corrected chi connectivity index (χ2v) is 4.73. The molecule has 6 nitrogen and oxygen atoms in total. The van der Waals surface area contributed by atoms with Crippen molar-refractivity contribution < 1.29 is 14.7 Å². The summed E-state index contributed by atoms with van der Waals surface area (Å²) in [6.07, 6.45) is 1.68. The Labute approximate surface area is 111 Å². The highest BCUT2D eigenvalue weighted by Crippen LogP contribution is 2.45. The Hall–Kier alpha value is -2.24.